The smallest absolute Gasteiger partial charge is 0.230 e. The molecule has 0 radical (unpaired) electrons. The summed E-state index contributed by atoms with van der Waals surface area (Å²) in [7, 11) is 0. The van der Waals surface area contributed by atoms with E-state index in [-0.39, 0.29) is 23.7 Å². The highest BCUT2D eigenvalue weighted by molar-refractivity contribution is 9.10. The minimum absolute atomic E-state index is 0.0202. The molecule has 1 aliphatic heterocycles. The van der Waals surface area contributed by atoms with Gasteiger partial charge in [-0.2, -0.15) is 0 Å². The minimum atomic E-state index is -0.185. The van der Waals surface area contributed by atoms with Crippen LogP contribution in [0.1, 0.15) is 30.4 Å². The molecule has 1 heterocycles. The first-order chi connectivity index (χ1) is 7.99. The van der Waals surface area contributed by atoms with E-state index >= 15 is 0 Å². The fourth-order valence-corrected chi connectivity index (χ4v) is 2.50. The van der Waals surface area contributed by atoms with Crippen LogP contribution >= 0.6 is 15.9 Å². The van der Waals surface area contributed by atoms with E-state index in [9.17, 15) is 9.59 Å². The second kappa shape index (κ2) is 4.61. The molecule has 1 saturated heterocycles. The maximum absolute atomic E-state index is 11.6. The third-order valence-corrected chi connectivity index (χ3v) is 4.16. The molecule has 1 aromatic carbocycles. The van der Waals surface area contributed by atoms with Crippen molar-refractivity contribution in [3.8, 4) is 0 Å². The van der Waals surface area contributed by atoms with Gasteiger partial charge in [-0.1, -0.05) is 35.0 Å². The average molecular weight is 296 g/mol. The normalized spacial score (nSPS) is 24.6. The van der Waals surface area contributed by atoms with E-state index in [2.05, 4.69) is 21.2 Å². The van der Waals surface area contributed by atoms with Gasteiger partial charge < -0.3 is 0 Å². The zero-order valence-corrected chi connectivity index (χ0v) is 11.4. The number of carbonyl (C=O) groups excluding carboxylic acids is 2. The van der Waals surface area contributed by atoms with Crippen LogP contribution < -0.4 is 5.32 Å². The molecular formula is C13H14BrNO2. The van der Waals surface area contributed by atoms with Gasteiger partial charge in [0.05, 0.1) is 0 Å². The lowest BCUT2D eigenvalue weighted by atomic mass is 9.81. The number of amides is 2. The Labute approximate surface area is 109 Å². The summed E-state index contributed by atoms with van der Waals surface area (Å²) in [6.45, 7) is 3.87. The minimum Gasteiger partial charge on any atom is -0.296 e. The molecule has 0 aromatic heterocycles. The zero-order chi connectivity index (χ0) is 12.6. The highest BCUT2D eigenvalue weighted by Gasteiger charge is 2.33. The Kier molecular flexibility index (Phi) is 3.33. The standard InChI is InChI=1S/C13H14BrNO2/c1-7-3-4-9(5-11(7)14)10-6-12(16)15-13(17)8(10)2/h3-5,8,10H,6H2,1-2H3,(H,15,16,17). The molecule has 0 saturated carbocycles. The second-order valence-electron chi connectivity index (χ2n) is 4.52. The molecule has 1 fully saturated rings. The molecule has 1 aromatic rings. The lowest BCUT2D eigenvalue weighted by Crippen LogP contribution is -2.43. The van der Waals surface area contributed by atoms with Crippen LogP contribution in [-0.4, -0.2) is 11.8 Å². The van der Waals surface area contributed by atoms with Gasteiger partial charge in [-0.15, -0.1) is 0 Å². The van der Waals surface area contributed by atoms with Crippen LogP contribution in [0.2, 0.25) is 0 Å². The predicted molar refractivity (Wildman–Crippen MR) is 68.6 cm³/mol. The van der Waals surface area contributed by atoms with Crippen LogP contribution in [-0.2, 0) is 9.59 Å². The summed E-state index contributed by atoms with van der Waals surface area (Å²) in [5, 5.41) is 2.37. The van der Waals surface area contributed by atoms with Crippen LogP contribution in [0.25, 0.3) is 0 Å². The highest BCUT2D eigenvalue weighted by atomic mass is 79.9. The van der Waals surface area contributed by atoms with Gasteiger partial charge in [-0.3, -0.25) is 14.9 Å². The molecule has 0 spiro atoms. The molecule has 2 unspecified atom stereocenters. The van der Waals surface area contributed by atoms with Crippen LogP contribution in [0.3, 0.4) is 0 Å². The second-order valence-corrected chi connectivity index (χ2v) is 5.37. The van der Waals surface area contributed by atoms with Crippen LogP contribution in [0.4, 0.5) is 0 Å². The Bertz CT molecular complexity index is 484. The average Bonchev–Trinajstić information content (AvgIpc) is 2.27. The first-order valence-corrected chi connectivity index (χ1v) is 6.38. The number of piperidine rings is 1. The Balaban J connectivity index is 2.34. The van der Waals surface area contributed by atoms with Crippen molar-refractivity contribution in [3.63, 3.8) is 0 Å². The van der Waals surface area contributed by atoms with Crippen molar-refractivity contribution >= 4 is 27.7 Å². The van der Waals surface area contributed by atoms with Crippen molar-refractivity contribution in [2.45, 2.75) is 26.2 Å². The van der Waals surface area contributed by atoms with Crippen molar-refractivity contribution in [2.24, 2.45) is 5.92 Å². The zero-order valence-electron chi connectivity index (χ0n) is 9.79. The van der Waals surface area contributed by atoms with E-state index < -0.39 is 0 Å². The lowest BCUT2D eigenvalue weighted by molar-refractivity contribution is -0.136. The molecular weight excluding hydrogens is 282 g/mol. The first-order valence-electron chi connectivity index (χ1n) is 5.59. The molecule has 4 heteroatoms. The van der Waals surface area contributed by atoms with Crippen molar-refractivity contribution in [1.29, 1.82) is 0 Å². The van der Waals surface area contributed by atoms with E-state index in [1.165, 1.54) is 0 Å². The number of halogens is 1. The Morgan fingerprint density at radius 3 is 2.71 bits per heavy atom. The molecule has 3 nitrogen and oxygen atoms in total. The van der Waals surface area contributed by atoms with Crippen LogP contribution in [0.15, 0.2) is 22.7 Å². The molecule has 2 rings (SSSR count). The summed E-state index contributed by atoms with van der Waals surface area (Å²) in [5.74, 6) is -0.548. The molecule has 1 N–H and O–H groups in total. The van der Waals surface area contributed by atoms with Gasteiger partial charge in [0.25, 0.3) is 0 Å². The number of nitrogens with one attached hydrogen (secondary N) is 1. The maximum atomic E-state index is 11.6. The van der Waals surface area contributed by atoms with Crippen LogP contribution in [0.5, 0.6) is 0 Å². The molecule has 2 amide bonds. The fraction of sp³-hybridized carbons (Fsp3) is 0.385. The van der Waals surface area contributed by atoms with Crippen molar-refractivity contribution < 1.29 is 9.59 Å². The van der Waals surface area contributed by atoms with E-state index in [0.717, 1.165) is 15.6 Å². The van der Waals surface area contributed by atoms with Crippen molar-refractivity contribution in [1.82, 2.24) is 5.32 Å². The van der Waals surface area contributed by atoms with E-state index in [1.54, 1.807) is 0 Å². The van der Waals surface area contributed by atoms with Gasteiger partial charge in [0, 0.05) is 22.7 Å². The predicted octanol–water partition coefficient (Wildman–Crippen LogP) is 2.52. The number of aryl methyl sites for hydroxylation is 1. The van der Waals surface area contributed by atoms with Gasteiger partial charge in [-0.05, 0) is 24.1 Å². The molecule has 0 aliphatic carbocycles. The Morgan fingerprint density at radius 2 is 2.06 bits per heavy atom. The van der Waals surface area contributed by atoms with Gasteiger partial charge in [-0.25, -0.2) is 0 Å². The Hall–Kier alpha value is -1.16. The number of hydrogen-bond acceptors (Lipinski definition) is 2. The summed E-state index contributed by atoms with van der Waals surface area (Å²) < 4.78 is 1.01. The third-order valence-electron chi connectivity index (χ3n) is 3.31. The van der Waals surface area contributed by atoms with Crippen molar-refractivity contribution in [2.75, 3.05) is 0 Å². The first kappa shape index (κ1) is 12.3. The van der Waals surface area contributed by atoms with Crippen LogP contribution in [0, 0.1) is 12.8 Å². The quantitative estimate of drug-likeness (QED) is 0.809. The number of hydrogen-bond donors (Lipinski definition) is 1. The number of benzene rings is 1. The molecule has 1 aliphatic rings. The van der Waals surface area contributed by atoms with E-state index in [1.807, 2.05) is 32.0 Å². The highest BCUT2D eigenvalue weighted by Crippen LogP contribution is 2.33. The van der Waals surface area contributed by atoms with Gasteiger partial charge in [0.2, 0.25) is 11.8 Å². The van der Waals surface area contributed by atoms with Crippen molar-refractivity contribution in [3.05, 3.63) is 33.8 Å². The molecule has 90 valence electrons. The largest absolute Gasteiger partial charge is 0.296 e. The number of imide groups is 1. The SMILES string of the molecule is Cc1ccc(C2CC(=O)NC(=O)C2C)cc1Br. The fourth-order valence-electron chi connectivity index (χ4n) is 2.11. The van der Waals surface area contributed by atoms with E-state index in [0.29, 0.717) is 6.42 Å². The summed E-state index contributed by atoms with van der Waals surface area (Å²) in [5.41, 5.74) is 2.19. The molecule has 2 atom stereocenters. The molecule has 17 heavy (non-hydrogen) atoms. The van der Waals surface area contributed by atoms with E-state index in [4.69, 9.17) is 0 Å². The summed E-state index contributed by atoms with van der Waals surface area (Å²) in [4.78, 5) is 23.0. The Morgan fingerprint density at radius 1 is 1.35 bits per heavy atom. The maximum Gasteiger partial charge on any atom is 0.230 e. The lowest BCUT2D eigenvalue weighted by Gasteiger charge is -2.27. The molecule has 0 bridgehead atoms. The summed E-state index contributed by atoms with van der Waals surface area (Å²) in [6.07, 6.45) is 0.377. The van der Waals surface area contributed by atoms with Gasteiger partial charge in [0.15, 0.2) is 0 Å². The summed E-state index contributed by atoms with van der Waals surface area (Å²) >= 11 is 3.48. The summed E-state index contributed by atoms with van der Waals surface area (Å²) in [6, 6.07) is 6.00. The third kappa shape index (κ3) is 2.41. The topological polar surface area (TPSA) is 46.2 Å². The monoisotopic (exact) mass is 295 g/mol. The number of carbonyl (C=O) groups is 2. The number of rotatable bonds is 1. The van der Waals surface area contributed by atoms with Gasteiger partial charge in [0.1, 0.15) is 0 Å². The van der Waals surface area contributed by atoms with Gasteiger partial charge >= 0.3 is 0 Å².